The van der Waals surface area contributed by atoms with Crippen LogP contribution in [-0.2, 0) is 4.79 Å². The van der Waals surface area contributed by atoms with E-state index >= 15 is 0 Å². The van der Waals surface area contributed by atoms with Gasteiger partial charge >= 0.3 is 0 Å². The Morgan fingerprint density at radius 3 is 2.50 bits per heavy atom. The summed E-state index contributed by atoms with van der Waals surface area (Å²) in [7, 11) is 0. The molecule has 1 fully saturated rings. The fourth-order valence-corrected chi connectivity index (χ4v) is 2.81. The van der Waals surface area contributed by atoms with Crippen LogP contribution >= 0.6 is 0 Å². The van der Waals surface area contributed by atoms with Crippen molar-refractivity contribution in [2.75, 3.05) is 0 Å². The molecule has 0 spiro atoms. The molecule has 112 valence electrons. The van der Waals surface area contributed by atoms with E-state index in [0.29, 0.717) is 6.04 Å². The second-order valence-corrected chi connectivity index (χ2v) is 6.04. The number of aromatic nitrogens is 2. The van der Waals surface area contributed by atoms with Crippen LogP contribution in [0, 0.1) is 0 Å². The molecule has 1 saturated carbocycles. The number of rotatable bonds is 5. The largest absolute Gasteiger partial charge is 0.368 e. The molecule has 0 aliphatic heterocycles. The van der Waals surface area contributed by atoms with E-state index in [0.717, 1.165) is 18.4 Å². The average Bonchev–Trinajstić information content (AvgIpc) is 2.74. The SMILES string of the molecule is CC(C)n1cc(C(NC2CCCCCC2)C(N)=O)cn1. The first kappa shape index (κ1) is 15.0. The van der Waals surface area contributed by atoms with Crippen molar-refractivity contribution in [3.63, 3.8) is 0 Å². The van der Waals surface area contributed by atoms with Crippen molar-refractivity contribution in [2.24, 2.45) is 5.73 Å². The van der Waals surface area contributed by atoms with Crippen molar-refractivity contribution in [1.82, 2.24) is 15.1 Å². The first-order valence-electron chi connectivity index (χ1n) is 7.67. The Bertz CT molecular complexity index is 433. The van der Waals surface area contributed by atoms with E-state index in [9.17, 15) is 4.79 Å². The Hall–Kier alpha value is -1.36. The first-order valence-corrected chi connectivity index (χ1v) is 7.67. The van der Waals surface area contributed by atoms with Crippen molar-refractivity contribution in [3.8, 4) is 0 Å². The van der Waals surface area contributed by atoms with Gasteiger partial charge in [0.05, 0.1) is 6.20 Å². The van der Waals surface area contributed by atoms with Gasteiger partial charge in [-0.25, -0.2) is 0 Å². The Morgan fingerprint density at radius 2 is 2.00 bits per heavy atom. The highest BCUT2D eigenvalue weighted by atomic mass is 16.1. The molecule has 2 rings (SSSR count). The molecule has 1 heterocycles. The standard InChI is InChI=1S/C15H26N4O/c1-11(2)19-10-12(9-17-19)14(15(16)20)18-13-7-5-3-4-6-8-13/h9-11,13-14,18H,3-8H2,1-2H3,(H2,16,20). The van der Waals surface area contributed by atoms with Crippen molar-refractivity contribution < 1.29 is 4.79 Å². The third kappa shape index (κ3) is 3.82. The molecule has 0 radical (unpaired) electrons. The van der Waals surface area contributed by atoms with Gasteiger partial charge in [0.15, 0.2) is 0 Å². The minimum Gasteiger partial charge on any atom is -0.368 e. The molecule has 0 bridgehead atoms. The molecular formula is C15H26N4O. The number of nitrogens with zero attached hydrogens (tertiary/aromatic N) is 2. The number of primary amides is 1. The van der Waals surface area contributed by atoms with Gasteiger partial charge in [-0.05, 0) is 26.7 Å². The van der Waals surface area contributed by atoms with Crippen molar-refractivity contribution in [1.29, 1.82) is 0 Å². The van der Waals surface area contributed by atoms with Gasteiger partial charge in [0.2, 0.25) is 5.91 Å². The normalized spacial score (nSPS) is 18.9. The number of amides is 1. The molecule has 3 N–H and O–H groups in total. The molecule has 1 atom stereocenters. The Labute approximate surface area is 120 Å². The van der Waals surface area contributed by atoms with E-state index in [1.807, 2.05) is 10.9 Å². The van der Waals surface area contributed by atoms with Crippen LogP contribution in [0.3, 0.4) is 0 Å². The summed E-state index contributed by atoms with van der Waals surface area (Å²) in [4.78, 5) is 11.8. The quantitative estimate of drug-likeness (QED) is 0.812. The zero-order valence-corrected chi connectivity index (χ0v) is 12.5. The van der Waals surface area contributed by atoms with E-state index in [4.69, 9.17) is 5.73 Å². The summed E-state index contributed by atoms with van der Waals surface area (Å²) in [5.41, 5.74) is 6.44. The third-order valence-electron chi connectivity index (χ3n) is 4.03. The number of nitrogens with one attached hydrogen (secondary N) is 1. The summed E-state index contributed by atoms with van der Waals surface area (Å²) in [5, 5.41) is 7.74. The molecule has 20 heavy (non-hydrogen) atoms. The smallest absolute Gasteiger partial charge is 0.239 e. The van der Waals surface area contributed by atoms with Gasteiger partial charge in [0.1, 0.15) is 6.04 Å². The molecule has 1 aromatic rings. The van der Waals surface area contributed by atoms with Crippen molar-refractivity contribution >= 4 is 5.91 Å². The monoisotopic (exact) mass is 278 g/mol. The molecule has 1 amide bonds. The summed E-state index contributed by atoms with van der Waals surface area (Å²) >= 11 is 0. The predicted molar refractivity (Wildman–Crippen MR) is 79.2 cm³/mol. The highest BCUT2D eigenvalue weighted by molar-refractivity contribution is 5.81. The van der Waals surface area contributed by atoms with E-state index in [-0.39, 0.29) is 11.9 Å². The highest BCUT2D eigenvalue weighted by Gasteiger charge is 2.24. The topological polar surface area (TPSA) is 72.9 Å². The zero-order valence-electron chi connectivity index (χ0n) is 12.5. The molecule has 5 nitrogen and oxygen atoms in total. The third-order valence-corrected chi connectivity index (χ3v) is 4.03. The second-order valence-electron chi connectivity index (χ2n) is 6.04. The summed E-state index contributed by atoms with van der Waals surface area (Å²) in [6.07, 6.45) is 11.0. The first-order chi connectivity index (χ1) is 9.58. The van der Waals surface area contributed by atoms with E-state index < -0.39 is 6.04 Å². The Kier molecular flexibility index (Phi) is 5.17. The van der Waals surface area contributed by atoms with Gasteiger partial charge in [-0.1, -0.05) is 25.7 Å². The maximum atomic E-state index is 11.8. The highest BCUT2D eigenvalue weighted by Crippen LogP contribution is 2.21. The number of hydrogen-bond acceptors (Lipinski definition) is 3. The van der Waals surface area contributed by atoms with Crippen molar-refractivity contribution in [2.45, 2.75) is 70.5 Å². The van der Waals surface area contributed by atoms with Crippen LogP contribution in [-0.4, -0.2) is 21.7 Å². The van der Waals surface area contributed by atoms with Crippen LogP contribution in [0.4, 0.5) is 0 Å². The van der Waals surface area contributed by atoms with Crippen LogP contribution < -0.4 is 11.1 Å². The van der Waals surface area contributed by atoms with Gasteiger partial charge in [0, 0.05) is 23.8 Å². The average molecular weight is 278 g/mol. The Morgan fingerprint density at radius 1 is 1.35 bits per heavy atom. The maximum Gasteiger partial charge on any atom is 0.239 e. The fourth-order valence-electron chi connectivity index (χ4n) is 2.81. The molecular weight excluding hydrogens is 252 g/mol. The van der Waals surface area contributed by atoms with Crippen LogP contribution in [0.5, 0.6) is 0 Å². The lowest BCUT2D eigenvalue weighted by molar-refractivity contribution is -0.120. The molecule has 1 aliphatic carbocycles. The summed E-state index contributed by atoms with van der Waals surface area (Å²) in [6.45, 7) is 4.13. The van der Waals surface area contributed by atoms with Gasteiger partial charge in [-0.3, -0.25) is 14.8 Å². The molecule has 1 aromatic heterocycles. The second kappa shape index (κ2) is 6.88. The van der Waals surface area contributed by atoms with Crippen molar-refractivity contribution in [3.05, 3.63) is 18.0 Å². The zero-order chi connectivity index (χ0) is 14.5. The predicted octanol–water partition coefficient (Wildman–Crippen LogP) is 2.30. The summed E-state index contributed by atoms with van der Waals surface area (Å²) in [6, 6.07) is 0.248. The number of carbonyl (C=O) groups excluding carboxylic acids is 1. The molecule has 1 aliphatic rings. The lowest BCUT2D eigenvalue weighted by atomic mass is 10.0. The van der Waals surface area contributed by atoms with Crippen LogP contribution in [0.25, 0.3) is 0 Å². The van der Waals surface area contributed by atoms with E-state index in [1.54, 1.807) is 6.20 Å². The minimum absolute atomic E-state index is 0.287. The van der Waals surface area contributed by atoms with Crippen LogP contribution in [0.1, 0.15) is 70.0 Å². The molecule has 0 saturated heterocycles. The van der Waals surface area contributed by atoms with Crippen LogP contribution in [0.2, 0.25) is 0 Å². The van der Waals surface area contributed by atoms with Gasteiger partial charge in [0.25, 0.3) is 0 Å². The van der Waals surface area contributed by atoms with Gasteiger partial charge in [-0.2, -0.15) is 5.10 Å². The maximum absolute atomic E-state index is 11.8. The Balaban J connectivity index is 2.07. The number of nitrogens with two attached hydrogens (primary N) is 1. The summed E-state index contributed by atoms with van der Waals surface area (Å²) in [5.74, 6) is -0.322. The lowest BCUT2D eigenvalue weighted by Crippen LogP contribution is -2.39. The lowest BCUT2D eigenvalue weighted by Gasteiger charge is -2.22. The number of hydrogen-bond donors (Lipinski definition) is 2. The minimum atomic E-state index is -0.425. The van der Waals surface area contributed by atoms with E-state index in [1.165, 1.54) is 25.7 Å². The van der Waals surface area contributed by atoms with Gasteiger partial charge < -0.3 is 5.73 Å². The van der Waals surface area contributed by atoms with Crippen LogP contribution in [0.15, 0.2) is 12.4 Å². The van der Waals surface area contributed by atoms with E-state index in [2.05, 4.69) is 24.3 Å². The number of carbonyl (C=O) groups is 1. The molecule has 1 unspecified atom stereocenters. The summed E-state index contributed by atoms with van der Waals surface area (Å²) < 4.78 is 1.86. The molecule has 5 heteroatoms. The molecule has 0 aromatic carbocycles. The van der Waals surface area contributed by atoms with Gasteiger partial charge in [-0.15, -0.1) is 0 Å². The fraction of sp³-hybridized carbons (Fsp3) is 0.733.